The van der Waals surface area contributed by atoms with Crippen molar-refractivity contribution in [3.8, 4) is 0 Å². The van der Waals surface area contributed by atoms with E-state index in [1.165, 1.54) is 4.57 Å². The van der Waals surface area contributed by atoms with Crippen molar-refractivity contribution in [1.82, 2.24) is 9.55 Å². The van der Waals surface area contributed by atoms with Crippen LogP contribution in [0.1, 0.15) is 75.7 Å². The number of benzene rings is 1. The largest absolute Gasteiger partial charge is 0.464 e. The number of aromatic nitrogens is 2. The van der Waals surface area contributed by atoms with E-state index in [-0.39, 0.29) is 18.1 Å². The molecule has 0 saturated heterocycles. The Morgan fingerprint density at radius 1 is 1.14 bits per heavy atom. The number of aromatic amines is 1. The van der Waals surface area contributed by atoms with Crippen LogP contribution in [0.5, 0.6) is 0 Å². The highest BCUT2D eigenvalue weighted by molar-refractivity contribution is 5.74. The van der Waals surface area contributed by atoms with E-state index in [2.05, 4.69) is 4.98 Å². The van der Waals surface area contributed by atoms with Crippen LogP contribution in [0.3, 0.4) is 0 Å². The lowest BCUT2D eigenvalue weighted by molar-refractivity contribution is -0.147. The van der Waals surface area contributed by atoms with Crippen molar-refractivity contribution >= 4 is 5.97 Å². The number of unbranched alkanes of at least 4 members (excludes halogenated alkanes) is 1. The van der Waals surface area contributed by atoms with Gasteiger partial charge in [0, 0.05) is 17.7 Å². The molecule has 1 unspecified atom stereocenters. The van der Waals surface area contributed by atoms with Crippen molar-refractivity contribution in [3.05, 3.63) is 68.0 Å². The second kappa shape index (κ2) is 10.1. The van der Waals surface area contributed by atoms with E-state index >= 15 is 0 Å². The van der Waals surface area contributed by atoms with Gasteiger partial charge in [0.1, 0.15) is 6.04 Å². The molecule has 0 spiro atoms. The standard InChI is InChI=1S/C22H30N2O4/c1-5-7-13-17(21(26)28-6-2)24-18(14-16-11-9-8-10-12-16)19(15(3)4)20(25)23-22(24)27/h8-12,15,17H,5-7,13-14H2,1-4H3,(H,23,25,27). The maximum atomic E-state index is 12.8. The van der Waals surface area contributed by atoms with E-state index in [4.69, 9.17) is 4.74 Å². The number of hydrogen-bond donors (Lipinski definition) is 1. The summed E-state index contributed by atoms with van der Waals surface area (Å²) >= 11 is 0. The van der Waals surface area contributed by atoms with Crippen molar-refractivity contribution in [3.63, 3.8) is 0 Å². The van der Waals surface area contributed by atoms with Crippen LogP contribution < -0.4 is 11.2 Å². The smallest absolute Gasteiger partial charge is 0.329 e. The predicted molar refractivity (Wildman–Crippen MR) is 110 cm³/mol. The summed E-state index contributed by atoms with van der Waals surface area (Å²) in [6, 6.07) is 8.90. The van der Waals surface area contributed by atoms with Crippen LogP contribution in [-0.2, 0) is 16.0 Å². The lowest BCUT2D eigenvalue weighted by atomic mass is 9.97. The highest BCUT2D eigenvalue weighted by Crippen LogP contribution is 2.24. The molecule has 0 aliphatic heterocycles. The van der Waals surface area contributed by atoms with Gasteiger partial charge in [-0.05, 0) is 24.8 Å². The van der Waals surface area contributed by atoms with Crippen LogP contribution in [0.15, 0.2) is 39.9 Å². The Morgan fingerprint density at radius 2 is 1.82 bits per heavy atom. The second-order valence-electron chi connectivity index (χ2n) is 7.22. The average molecular weight is 386 g/mol. The van der Waals surface area contributed by atoms with Gasteiger partial charge >= 0.3 is 11.7 Å². The van der Waals surface area contributed by atoms with E-state index in [1.807, 2.05) is 51.1 Å². The summed E-state index contributed by atoms with van der Waals surface area (Å²) in [4.78, 5) is 40.5. The molecule has 1 N–H and O–H groups in total. The number of hydrogen-bond acceptors (Lipinski definition) is 4. The Morgan fingerprint density at radius 3 is 2.39 bits per heavy atom. The molecule has 0 amide bonds. The number of nitrogens with one attached hydrogen (secondary N) is 1. The SMILES string of the molecule is CCCCC(C(=O)OCC)n1c(Cc2ccccc2)c(C(C)C)c(=O)[nH]c1=O. The van der Waals surface area contributed by atoms with Crippen LogP contribution in [0.4, 0.5) is 0 Å². The van der Waals surface area contributed by atoms with Crippen LogP contribution in [0.2, 0.25) is 0 Å². The number of H-pyrrole nitrogens is 1. The highest BCUT2D eigenvalue weighted by atomic mass is 16.5. The lowest BCUT2D eigenvalue weighted by Crippen LogP contribution is -2.41. The predicted octanol–water partition coefficient (Wildman–Crippen LogP) is 3.55. The molecule has 152 valence electrons. The van der Waals surface area contributed by atoms with Crippen LogP contribution >= 0.6 is 0 Å². The van der Waals surface area contributed by atoms with Crippen molar-refractivity contribution < 1.29 is 9.53 Å². The van der Waals surface area contributed by atoms with Gasteiger partial charge < -0.3 is 4.74 Å². The van der Waals surface area contributed by atoms with Crippen LogP contribution in [0, 0.1) is 0 Å². The fraction of sp³-hybridized carbons (Fsp3) is 0.500. The molecule has 2 aromatic rings. The fourth-order valence-corrected chi connectivity index (χ4v) is 3.49. The first-order valence-corrected chi connectivity index (χ1v) is 9.98. The van der Waals surface area contributed by atoms with E-state index < -0.39 is 17.7 Å². The molecule has 6 heteroatoms. The third-order valence-corrected chi connectivity index (χ3v) is 4.78. The van der Waals surface area contributed by atoms with E-state index in [0.717, 1.165) is 18.4 Å². The number of esters is 1. The zero-order valence-electron chi connectivity index (χ0n) is 17.2. The topological polar surface area (TPSA) is 81.2 Å². The molecule has 0 bridgehead atoms. The molecule has 0 saturated carbocycles. The maximum Gasteiger partial charge on any atom is 0.329 e. The van der Waals surface area contributed by atoms with Gasteiger partial charge in [0.2, 0.25) is 0 Å². The first-order valence-electron chi connectivity index (χ1n) is 9.98. The number of carbonyl (C=O) groups is 1. The Labute approximate surface area is 165 Å². The molecule has 1 aromatic heterocycles. The van der Waals surface area contributed by atoms with Crippen molar-refractivity contribution in [2.24, 2.45) is 0 Å². The Balaban J connectivity index is 2.72. The molecule has 2 rings (SSSR count). The summed E-state index contributed by atoms with van der Waals surface area (Å²) in [5, 5.41) is 0. The minimum absolute atomic E-state index is 0.0941. The maximum absolute atomic E-state index is 12.8. The summed E-state index contributed by atoms with van der Waals surface area (Å²) in [6.45, 7) is 7.85. The zero-order valence-corrected chi connectivity index (χ0v) is 17.2. The molecule has 6 nitrogen and oxygen atoms in total. The Bertz CT molecular complexity index is 897. The van der Waals surface area contributed by atoms with Gasteiger partial charge in [0.05, 0.1) is 6.61 Å². The quantitative estimate of drug-likeness (QED) is 0.668. The molecular formula is C22H30N2O4. The van der Waals surface area contributed by atoms with Crippen molar-refractivity contribution in [2.75, 3.05) is 6.61 Å². The van der Waals surface area contributed by atoms with Gasteiger partial charge in [-0.25, -0.2) is 9.59 Å². The monoisotopic (exact) mass is 386 g/mol. The molecule has 0 aliphatic rings. The number of ether oxygens (including phenoxy) is 1. The molecule has 28 heavy (non-hydrogen) atoms. The summed E-state index contributed by atoms with van der Waals surface area (Å²) in [7, 11) is 0. The molecule has 0 fully saturated rings. The van der Waals surface area contributed by atoms with Gasteiger partial charge in [-0.2, -0.15) is 0 Å². The van der Waals surface area contributed by atoms with Gasteiger partial charge in [-0.15, -0.1) is 0 Å². The van der Waals surface area contributed by atoms with Gasteiger partial charge in [0.25, 0.3) is 5.56 Å². The Kier molecular flexibility index (Phi) is 7.79. The highest BCUT2D eigenvalue weighted by Gasteiger charge is 2.28. The average Bonchev–Trinajstić information content (AvgIpc) is 2.64. The summed E-state index contributed by atoms with van der Waals surface area (Å²) in [5.41, 5.74) is 1.15. The van der Waals surface area contributed by atoms with Crippen molar-refractivity contribution in [1.29, 1.82) is 0 Å². The third kappa shape index (κ3) is 5.00. The number of rotatable bonds is 9. The molecule has 0 radical (unpaired) electrons. The first-order chi connectivity index (χ1) is 13.4. The summed E-state index contributed by atoms with van der Waals surface area (Å²) in [5.74, 6) is -0.530. The molecular weight excluding hydrogens is 356 g/mol. The van der Waals surface area contributed by atoms with E-state index in [9.17, 15) is 14.4 Å². The molecule has 0 aliphatic carbocycles. The normalized spacial score (nSPS) is 12.2. The van der Waals surface area contributed by atoms with Crippen LogP contribution in [-0.4, -0.2) is 22.1 Å². The van der Waals surface area contributed by atoms with Gasteiger partial charge in [-0.3, -0.25) is 14.3 Å². The number of carbonyl (C=O) groups excluding carboxylic acids is 1. The molecule has 1 atom stereocenters. The first kappa shape index (κ1) is 21.7. The minimum Gasteiger partial charge on any atom is -0.464 e. The summed E-state index contributed by atoms with van der Waals surface area (Å²) in [6.07, 6.45) is 2.55. The Hall–Kier alpha value is -2.63. The summed E-state index contributed by atoms with van der Waals surface area (Å²) < 4.78 is 6.71. The van der Waals surface area contributed by atoms with Crippen LogP contribution in [0.25, 0.3) is 0 Å². The number of nitrogens with zero attached hydrogens (tertiary/aromatic N) is 1. The third-order valence-electron chi connectivity index (χ3n) is 4.78. The zero-order chi connectivity index (χ0) is 20.7. The van der Waals surface area contributed by atoms with Gasteiger partial charge in [-0.1, -0.05) is 63.9 Å². The molecule has 1 aromatic carbocycles. The molecule has 1 heterocycles. The van der Waals surface area contributed by atoms with Crippen molar-refractivity contribution in [2.45, 2.75) is 65.3 Å². The lowest BCUT2D eigenvalue weighted by Gasteiger charge is -2.24. The minimum atomic E-state index is -0.750. The van der Waals surface area contributed by atoms with E-state index in [1.54, 1.807) is 6.92 Å². The fourth-order valence-electron chi connectivity index (χ4n) is 3.49. The van der Waals surface area contributed by atoms with Gasteiger partial charge in [0.15, 0.2) is 0 Å². The second-order valence-corrected chi connectivity index (χ2v) is 7.22. The van der Waals surface area contributed by atoms with E-state index in [0.29, 0.717) is 24.1 Å².